The van der Waals surface area contributed by atoms with Crippen molar-refractivity contribution in [1.82, 2.24) is 19.3 Å². The van der Waals surface area contributed by atoms with E-state index in [1.807, 2.05) is 30.3 Å². The van der Waals surface area contributed by atoms with Crippen LogP contribution in [0, 0.1) is 6.92 Å². The number of hydrogen-bond acceptors (Lipinski definition) is 5. The van der Waals surface area contributed by atoms with Crippen LogP contribution in [-0.4, -0.2) is 24.4 Å². The summed E-state index contributed by atoms with van der Waals surface area (Å²) in [5, 5.41) is 7.65. The molecule has 2 heterocycles. The lowest BCUT2D eigenvalue weighted by atomic mass is 10.2. The molecule has 0 spiro atoms. The summed E-state index contributed by atoms with van der Waals surface area (Å²) < 4.78 is 2.21. The Bertz CT molecular complexity index is 1300. The Morgan fingerprint density at radius 3 is 2.48 bits per heavy atom. The summed E-state index contributed by atoms with van der Waals surface area (Å²) in [6.07, 6.45) is 0. The van der Waals surface area contributed by atoms with E-state index in [2.05, 4.69) is 20.8 Å². The lowest BCUT2D eigenvalue weighted by Gasteiger charge is -2.15. The third kappa shape index (κ3) is 3.04. The summed E-state index contributed by atoms with van der Waals surface area (Å²) in [6, 6.07) is 16.2. The molecule has 0 fully saturated rings. The molecule has 0 radical (unpaired) electrons. The summed E-state index contributed by atoms with van der Waals surface area (Å²) in [4.78, 5) is 29.8. The molecule has 0 bridgehead atoms. The fraction of sp³-hybridized carbons (Fsp3) is 0.0556. The minimum atomic E-state index is -0.450. The van der Waals surface area contributed by atoms with Crippen LogP contribution in [0.3, 0.4) is 0 Å². The molecule has 0 saturated heterocycles. The molecular weight excluding hydrogens is 364 g/mol. The highest BCUT2D eigenvalue weighted by Gasteiger charge is 2.14. The van der Waals surface area contributed by atoms with Gasteiger partial charge in [-0.1, -0.05) is 30.3 Å². The molecule has 2 N–H and O–H groups in total. The molecule has 0 atom stereocenters. The van der Waals surface area contributed by atoms with Crippen LogP contribution in [0.2, 0.25) is 0 Å². The first-order valence-electron chi connectivity index (χ1n) is 8.09. The molecule has 27 heavy (non-hydrogen) atoms. The first-order valence-corrected chi connectivity index (χ1v) is 8.50. The van der Waals surface area contributed by atoms with Crippen LogP contribution in [0.4, 0.5) is 5.69 Å². The predicted molar refractivity (Wildman–Crippen MR) is 108 cm³/mol. The first-order chi connectivity index (χ1) is 13.0. The zero-order chi connectivity index (χ0) is 19.0. The fourth-order valence-electron chi connectivity index (χ4n) is 2.68. The highest BCUT2D eigenvalue weighted by Crippen LogP contribution is 2.08. The maximum absolute atomic E-state index is 12.7. The SMILES string of the molecule is Cc1nn2c(=O)c3ccccc3nc2n(NC(=S)Nc2ccccc2)c1=O. The van der Waals surface area contributed by atoms with Crippen molar-refractivity contribution in [1.29, 1.82) is 0 Å². The van der Waals surface area contributed by atoms with Gasteiger partial charge in [0.1, 0.15) is 5.69 Å². The molecule has 0 aliphatic heterocycles. The summed E-state index contributed by atoms with van der Waals surface area (Å²) in [5.74, 6) is 0.0477. The average molecular weight is 378 g/mol. The van der Waals surface area contributed by atoms with Crippen LogP contribution in [0.25, 0.3) is 16.7 Å². The molecular formula is C18H14N6O2S. The number of nitrogens with one attached hydrogen (secondary N) is 2. The van der Waals surface area contributed by atoms with Gasteiger partial charge in [-0.05, 0) is 43.4 Å². The Morgan fingerprint density at radius 1 is 1.00 bits per heavy atom. The van der Waals surface area contributed by atoms with Crippen molar-refractivity contribution in [3.05, 3.63) is 81.0 Å². The highest BCUT2D eigenvalue weighted by atomic mass is 32.1. The molecule has 0 unspecified atom stereocenters. The summed E-state index contributed by atoms with van der Waals surface area (Å²) in [5.41, 5.74) is 3.34. The normalized spacial score (nSPS) is 10.9. The summed E-state index contributed by atoms with van der Waals surface area (Å²) in [7, 11) is 0. The quantitative estimate of drug-likeness (QED) is 0.405. The number of aromatic nitrogens is 4. The van der Waals surface area contributed by atoms with Gasteiger partial charge in [-0.15, -0.1) is 0 Å². The molecule has 0 aliphatic rings. The molecule has 4 aromatic rings. The smallest absolute Gasteiger partial charge is 0.295 e. The first kappa shape index (κ1) is 16.9. The van der Waals surface area contributed by atoms with Crippen LogP contribution < -0.4 is 21.9 Å². The van der Waals surface area contributed by atoms with Crippen LogP contribution in [0.1, 0.15) is 5.69 Å². The molecule has 0 saturated carbocycles. The van der Waals surface area contributed by atoms with E-state index in [1.54, 1.807) is 24.3 Å². The molecule has 2 aromatic heterocycles. The maximum Gasteiger partial charge on any atom is 0.295 e. The number of aryl methyl sites for hydroxylation is 1. The van der Waals surface area contributed by atoms with Crippen molar-refractivity contribution in [3.63, 3.8) is 0 Å². The topological polar surface area (TPSA) is 93.3 Å². The van der Waals surface area contributed by atoms with Gasteiger partial charge in [0.25, 0.3) is 16.9 Å². The molecule has 0 amide bonds. The second-order valence-electron chi connectivity index (χ2n) is 5.80. The van der Waals surface area contributed by atoms with Gasteiger partial charge in [0.05, 0.1) is 10.9 Å². The molecule has 8 nitrogen and oxygen atoms in total. The molecule has 0 aliphatic carbocycles. The zero-order valence-electron chi connectivity index (χ0n) is 14.2. The van der Waals surface area contributed by atoms with E-state index in [4.69, 9.17) is 12.2 Å². The van der Waals surface area contributed by atoms with Crippen LogP contribution in [-0.2, 0) is 0 Å². The second-order valence-corrected chi connectivity index (χ2v) is 6.21. The van der Waals surface area contributed by atoms with Crippen molar-refractivity contribution in [3.8, 4) is 0 Å². The molecule has 134 valence electrons. The number of hydrogen-bond donors (Lipinski definition) is 2. The van der Waals surface area contributed by atoms with Crippen LogP contribution in [0.15, 0.2) is 64.2 Å². The predicted octanol–water partition coefficient (Wildman–Crippen LogP) is 1.65. The van der Waals surface area contributed by atoms with E-state index in [-0.39, 0.29) is 22.1 Å². The van der Waals surface area contributed by atoms with Gasteiger partial charge in [-0.3, -0.25) is 15.0 Å². The summed E-state index contributed by atoms with van der Waals surface area (Å²) >= 11 is 5.30. The number of rotatable bonds is 2. The van der Waals surface area contributed by atoms with Crippen molar-refractivity contribution < 1.29 is 0 Å². The Labute approximate surface area is 158 Å². The average Bonchev–Trinajstić information content (AvgIpc) is 2.67. The van der Waals surface area contributed by atoms with E-state index >= 15 is 0 Å². The maximum atomic E-state index is 12.7. The lowest BCUT2D eigenvalue weighted by molar-refractivity contribution is 0.747. The Hall–Kier alpha value is -3.59. The van der Waals surface area contributed by atoms with Crippen LogP contribution >= 0.6 is 12.2 Å². The van der Waals surface area contributed by atoms with Crippen molar-refractivity contribution >= 4 is 39.7 Å². The highest BCUT2D eigenvalue weighted by molar-refractivity contribution is 7.80. The molecule has 9 heteroatoms. The van der Waals surface area contributed by atoms with E-state index < -0.39 is 5.56 Å². The third-order valence-corrected chi connectivity index (χ3v) is 4.14. The van der Waals surface area contributed by atoms with E-state index in [9.17, 15) is 9.59 Å². The largest absolute Gasteiger partial charge is 0.331 e. The van der Waals surface area contributed by atoms with Gasteiger partial charge >= 0.3 is 0 Å². The van der Waals surface area contributed by atoms with Gasteiger partial charge in [0, 0.05) is 5.69 Å². The number of thiocarbonyl (C=S) groups is 1. The number of anilines is 1. The number of nitrogens with zero attached hydrogens (tertiary/aromatic N) is 4. The Kier molecular flexibility index (Phi) is 4.13. The van der Waals surface area contributed by atoms with Crippen molar-refractivity contribution in [2.75, 3.05) is 10.7 Å². The Balaban J connectivity index is 1.86. The van der Waals surface area contributed by atoms with Gasteiger partial charge in [0.15, 0.2) is 5.11 Å². The van der Waals surface area contributed by atoms with E-state index in [0.29, 0.717) is 10.9 Å². The number of fused-ring (bicyclic) bond motifs is 2. The monoisotopic (exact) mass is 378 g/mol. The fourth-order valence-corrected chi connectivity index (χ4v) is 2.88. The number of para-hydroxylation sites is 2. The van der Waals surface area contributed by atoms with Crippen molar-refractivity contribution in [2.24, 2.45) is 0 Å². The Morgan fingerprint density at radius 2 is 1.70 bits per heavy atom. The molecule has 2 aromatic carbocycles. The van der Waals surface area contributed by atoms with Gasteiger partial charge in [-0.2, -0.15) is 14.3 Å². The van der Waals surface area contributed by atoms with Crippen molar-refractivity contribution in [2.45, 2.75) is 6.92 Å². The zero-order valence-corrected chi connectivity index (χ0v) is 15.0. The van der Waals surface area contributed by atoms with Crippen LogP contribution in [0.5, 0.6) is 0 Å². The lowest BCUT2D eigenvalue weighted by Crippen LogP contribution is -2.40. The van der Waals surface area contributed by atoms with Gasteiger partial charge in [-0.25, -0.2) is 4.98 Å². The minimum absolute atomic E-state index is 0.0477. The van der Waals surface area contributed by atoms with E-state index in [0.717, 1.165) is 14.9 Å². The minimum Gasteiger partial charge on any atom is -0.331 e. The van der Waals surface area contributed by atoms with Gasteiger partial charge in [0.2, 0.25) is 0 Å². The third-order valence-electron chi connectivity index (χ3n) is 3.94. The second kappa shape index (κ2) is 6.61. The summed E-state index contributed by atoms with van der Waals surface area (Å²) in [6.45, 7) is 1.52. The molecule has 4 rings (SSSR count). The van der Waals surface area contributed by atoms with E-state index in [1.165, 1.54) is 6.92 Å². The van der Waals surface area contributed by atoms with Gasteiger partial charge < -0.3 is 5.32 Å². The standard InChI is InChI=1S/C18H14N6O2S/c1-11-15(25)23(22-17(27)19-12-7-3-2-4-8-12)18-20-14-10-6-5-9-13(14)16(26)24(18)21-11/h2-10H,1H3,(H2,19,22,27). The number of benzene rings is 2.